The van der Waals surface area contributed by atoms with E-state index in [9.17, 15) is 39.5 Å². The fourth-order valence-corrected chi connectivity index (χ4v) is 5.24. The van der Waals surface area contributed by atoms with E-state index >= 15 is 0 Å². The number of hydrogen-bond acceptors (Lipinski definition) is 11. The molecule has 2 amide bonds. The number of nitro groups is 1. The molecule has 0 atom stereocenters. The van der Waals surface area contributed by atoms with E-state index in [1.165, 1.54) is 12.1 Å². The summed E-state index contributed by atoms with van der Waals surface area (Å²) in [5.74, 6) is -4.98. The van der Waals surface area contributed by atoms with Crippen molar-refractivity contribution in [2.24, 2.45) is 0 Å². The Labute approximate surface area is 334 Å². The van der Waals surface area contributed by atoms with Crippen molar-refractivity contribution in [1.82, 2.24) is 10.0 Å². The molecule has 3 rings (SSSR count). The summed E-state index contributed by atoms with van der Waals surface area (Å²) in [5.41, 5.74) is 0.649. The molecular weight excluding hydrogens is 672 g/mol. The maximum atomic E-state index is 14.7. The van der Waals surface area contributed by atoms with Crippen LogP contribution < -0.4 is 83.5 Å². The second-order valence-electron chi connectivity index (χ2n) is 11.9. The fraction of sp³-hybridized carbons (Fsp3) is 0.353. The summed E-state index contributed by atoms with van der Waals surface area (Å²) in [5, 5.41) is 37.0. The Morgan fingerprint density at radius 3 is 1.82 bits per heavy atom. The molecule has 0 fully saturated rings. The number of benzene rings is 3. The summed E-state index contributed by atoms with van der Waals surface area (Å²) in [6.45, 7) is 7.91. The van der Waals surface area contributed by atoms with Crippen molar-refractivity contribution in [3.05, 3.63) is 92.0 Å². The van der Waals surface area contributed by atoms with Crippen LogP contribution in [0.1, 0.15) is 70.7 Å². The number of carbonyl (C=O) groups is 4. The molecule has 3 aromatic rings. The van der Waals surface area contributed by atoms with Crippen molar-refractivity contribution in [1.29, 1.82) is 0 Å². The van der Waals surface area contributed by atoms with Crippen LogP contribution >= 0.6 is 0 Å². The van der Waals surface area contributed by atoms with Gasteiger partial charge in [-0.25, -0.2) is 10.0 Å². The predicted molar refractivity (Wildman–Crippen MR) is 168 cm³/mol. The number of carboxylic acid groups (broad SMARTS) is 2. The molecule has 0 aromatic heterocycles. The predicted octanol–water partition coefficient (Wildman–Crippen LogP) is -3.45. The van der Waals surface area contributed by atoms with Gasteiger partial charge in [-0.15, -0.1) is 0 Å². The van der Waals surface area contributed by atoms with E-state index in [2.05, 4.69) is 0 Å². The summed E-state index contributed by atoms with van der Waals surface area (Å²) >= 11 is 0. The minimum absolute atomic E-state index is 0. The maximum Gasteiger partial charge on any atom is 1.00 e. The van der Waals surface area contributed by atoms with Gasteiger partial charge in [0.2, 0.25) is 0 Å². The van der Waals surface area contributed by atoms with Crippen molar-refractivity contribution in [2.45, 2.75) is 60.0 Å². The standard InChI is InChI=1S/C34H39N3O11.2Na/c1-8-24-25(10-9-11-27(24)46-7)33(43)35(36(34(4,5)6)32(42)22-13-20(2)12-21(3)14-22)17-23-15-28(47-18-30(38)39)29(48-19-31(40)41)16-26(23)37(44)45;;/h9-16H,8,17-19H2,1-7H3,(H,38,39)(H,40,41);;/q;2*+1/p-2. The van der Waals surface area contributed by atoms with Crippen LogP contribution in [0.3, 0.4) is 0 Å². The second-order valence-corrected chi connectivity index (χ2v) is 11.9. The Balaban J connectivity index is 0.00000625. The van der Waals surface area contributed by atoms with Crippen LogP contribution in [0.5, 0.6) is 17.2 Å². The van der Waals surface area contributed by atoms with Gasteiger partial charge in [0.15, 0.2) is 11.5 Å². The molecule has 0 spiro atoms. The van der Waals surface area contributed by atoms with Gasteiger partial charge in [0, 0.05) is 16.7 Å². The zero-order valence-electron chi connectivity index (χ0n) is 29.8. The first kappa shape index (κ1) is 44.4. The Morgan fingerprint density at radius 1 is 0.820 bits per heavy atom. The Kier molecular flexibility index (Phi) is 16.9. The number of aliphatic carboxylic acids is 2. The number of aryl methyl sites for hydroxylation is 2. The molecule has 16 heteroatoms. The zero-order chi connectivity index (χ0) is 35.9. The van der Waals surface area contributed by atoms with E-state index in [0.29, 0.717) is 17.7 Å². The van der Waals surface area contributed by atoms with Crippen LogP contribution in [0.4, 0.5) is 5.69 Å². The Morgan fingerprint density at radius 2 is 1.36 bits per heavy atom. The molecule has 0 unspecified atom stereocenters. The van der Waals surface area contributed by atoms with Crippen molar-refractivity contribution in [3.8, 4) is 17.2 Å². The number of nitrogens with zero attached hydrogens (tertiary/aromatic N) is 3. The van der Waals surface area contributed by atoms with Gasteiger partial charge in [-0.05, 0) is 71.4 Å². The van der Waals surface area contributed by atoms with Crippen LogP contribution in [0, 0.1) is 24.0 Å². The van der Waals surface area contributed by atoms with E-state index in [1.807, 2.05) is 26.8 Å². The van der Waals surface area contributed by atoms with Crippen molar-refractivity contribution < 1.29 is 108 Å². The molecule has 0 aliphatic heterocycles. The number of hydrazine groups is 1. The number of ether oxygens (including phenoxy) is 3. The van der Waals surface area contributed by atoms with Gasteiger partial charge < -0.3 is 34.0 Å². The molecule has 0 saturated carbocycles. The fourth-order valence-electron chi connectivity index (χ4n) is 5.24. The number of carbonyl (C=O) groups excluding carboxylic acids is 4. The average Bonchev–Trinajstić information content (AvgIpc) is 3.00. The maximum absolute atomic E-state index is 14.7. The van der Waals surface area contributed by atoms with E-state index < -0.39 is 65.4 Å². The van der Waals surface area contributed by atoms with Crippen LogP contribution in [-0.4, -0.2) is 64.6 Å². The Hall–Kier alpha value is -3.66. The van der Waals surface area contributed by atoms with Crippen LogP contribution in [0.15, 0.2) is 48.5 Å². The van der Waals surface area contributed by atoms with Gasteiger partial charge in [-0.2, -0.15) is 0 Å². The summed E-state index contributed by atoms with van der Waals surface area (Å²) in [6.07, 6.45) is 0.366. The number of nitro benzene ring substituents is 1. The molecule has 0 bridgehead atoms. The third-order valence-electron chi connectivity index (χ3n) is 7.06. The summed E-state index contributed by atoms with van der Waals surface area (Å²) < 4.78 is 15.8. The molecular formula is C34H37N3Na2O11. The van der Waals surface area contributed by atoms with E-state index in [1.54, 1.807) is 51.1 Å². The van der Waals surface area contributed by atoms with Crippen molar-refractivity contribution >= 4 is 29.4 Å². The van der Waals surface area contributed by atoms with Crippen molar-refractivity contribution in [3.63, 3.8) is 0 Å². The van der Waals surface area contributed by atoms with E-state index in [0.717, 1.165) is 28.3 Å². The number of rotatable bonds is 13. The number of methoxy groups -OCH3 is 1. The second kappa shape index (κ2) is 19.1. The minimum Gasteiger partial charge on any atom is -0.546 e. The number of carboxylic acids is 2. The molecule has 0 saturated heterocycles. The van der Waals surface area contributed by atoms with Gasteiger partial charge in [-0.1, -0.05) is 30.2 Å². The smallest absolute Gasteiger partial charge is 0.546 e. The number of amides is 2. The molecule has 0 N–H and O–H groups in total. The van der Waals surface area contributed by atoms with E-state index in [-0.39, 0.29) is 81.6 Å². The minimum atomic E-state index is -1.65. The first-order valence-electron chi connectivity index (χ1n) is 14.9. The molecule has 256 valence electrons. The third-order valence-corrected chi connectivity index (χ3v) is 7.06. The van der Waals surface area contributed by atoms with Crippen LogP contribution in [0.2, 0.25) is 0 Å². The summed E-state index contributed by atoms with van der Waals surface area (Å²) in [6, 6.07) is 12.0. The van der Waals surface area contributed by atoms with Crippen LogP contribution in [-0.2, 0) is 22.6 Å². The summed E-state index contributed by atoms with van der Waals surface area (Å²) in [7, 11) is 1.45. The third kappa shape index (κ3) is 11.2. The van der Waals surface area contributed by atoms with Gasteiger partial charge in [0.1, 0.15) is 19.0 Å². The largest absolute Gasteiger partial charge is 1.00 e. The molecule has 14 nitrogen and oxygen atoms in total. The first-order chi connectivity index (χ1) is 22.5. The quantitative estimate of drug-likeness (QED) is 0.0974. The molecule has 0 radical (unpaired) electrons. The van der Waals surface area contributed by atoms with Crippen LogP contribution in [0.25, 0.3) is 0 Å². The molecule has 3 aromatic carbocycles. The van der Waals surface area contributed by atoms with Gasteiger partial charge >= 0.3 is 59.1 Å². The molecule has 0 aliphatic rings. The average molecular weight is 710 g/mol. The van der Waals surface area contributed by atoms with E-state index in [4.69, 9.17) is 14.2 Å². The normalized spacial score (nSPS) is 10.5. The molecule has 0 heterocycles. The number of hydrogen-bond donors (Lipinski definition) is 0. The topological polar surface area (TPSA) is 192 Å². The first-order valence-corrected chi connectivity index (χ1v) is 14.9. The zero-order valence-corrected chi connectivity index (χ0v) is 33.8. The van der Waals surface area contributed by atoms with Crippen molar-refractivity contribution in [2.75, 3.05) is 20.3 Å². The summed E-state index contributed by atoms with van der Waals surface area (Å²) in [4.78, 5) is 62.9. The Bertz CT molecular complexity index is 1720. The molecule has 50 heavy (non-hydrogen) atoms. The van der Waals surface area contributed by atoms with Gasteiger partial charge in [0.05, 0.1) is 47.7 Å². The SMILES string of the molecule is CCc1c(OC)cccc1C(=O)N(Cc1cc(OCC(=O)[O-])c(OCC(=O)[O-])cc1[N+](=O)[O-])N(C(=O)c1cc(C)cc(C)c1)C(C)(C)C.[Na+].[Na+]. The van der Waals surface area contributed by atoms with Gasteiger partial charge in [-0.3, -0.25) is 19.7 Å². The van der Waals surface area contributed by atoms with Gasteiger partial charge in [0.25, 0.3) is 17.5 Å². The molecule has 0 aliphatic carbocycles. The monoisotopic (exact) mass is 709 g/mol.